The molecule has 2 atom stereocenters. The van der Waals surface area contributed by atoms with E-state index in [-0.39, 0.29) is 17.9 Å². The Bertz CT molecular complexity index is 785. The van der Waals surface area contributed by atoms with Gasteiger partial charge in [-0.15, -0.1) is 0 Å². The molecular formula is C18H27N7O2. The van der Waals surface area contributed by atoms with Crippen LogP contribution in [0.3, 0.4) is 0 Å². The number of nitrogens with one attached hydrogen (secondary N) is 3. The summed E-state index contributed by atoms with van der Waals surface area (Å²) in [6.07, 6.45) is 6.04. The van der Waals surface area contributed by atoms with Crippen LogP contribution in [0.5, 0.6) is 0 Å². The molecule has 0 bridgehead atoms. The van der Waals surface area contributed by atoms with Gasteiger partial charge in [-0.1, -0.05) is 0 Å². The Labute approximate surface area is 158 Å². The van der Waals surface area contributed by atoms with Crippen molar-refractivity contribution in [1.29, 1.82) is 0 Å². The Morgan fingerprint density at radius 1 is 1.37 bits per heavy atom. The van der Waals surface area contributed by atoms with Gasteiger partial charge in [0.15, 0.2) is 0 Å². The first-order valence-electron chi connectivity index (χ1n) is 9.32. The zero-order valence-corrected chi connectivity index (χ0v) is 15.6. The first kappa shape index (κ1) is 19.1. The molecule has 27 heavy (non-hydrogen) atoms. The molecule has 0 aliphatic carbocycles. The van der Waals surface area contributed by atoms with E-state index in [1.54, 1.807) is 13.3 Å². The summed E-state index contributed by atoms with van der Waals surface area (Å²) >= 11 is 0. The standard InChI is InChI=1S/C12H15N5O.C6H12N2O/c1-8(18)16-9-3-5-17(6-9)12-10-2-4-13-11(10)14-7-15-12;7-6(9)3-5-1-2-8-4-5/h2,4,7,9H,3,5-6H2,1H3,(H,16,18)(H,13,14,15);5,8H,1-4H2,(H2,7,9). The molecule has 0 saturated carbocycles. The Kier molecular flexibility index (Phi) is 6.23. The predicted molar refractivity (Wildman–Crippen MR) is 103 cm³/mol. The summed E-state index contributed by atoms with van der Waals surface area (Å²) in [5.41, 5.74) is 5.86. The SMILES string of the molecule is CC(=O)NC1CCN(c2ncnc3[nH]ccc23)C1.NC(=O)CC1CCNC1. The summed E-state index contributed by atoms with van der Waals surface area (Å²) in [5.74, 6) is 1.29. The third-order valence-corrected chi connectivity index (χ3v) is 4.88. The van der Waals surface area contributed by atoms with Gasteiger partial charge in [0.2, 0.25) is 11.8 Å². The van der Waals surface area contributed by atoms with E-state index in [9.17, 15) is 9.59 Å². The highest BCUT2D eigenvalue weighted by atomic mass is 16.1. The lowest BCUT2D eigenvalue weighted by Crippen LogP contribution is -2.35. The van der Waals surface area contributed by atoms with Crippen LogP contribution in [0.1, 0.15) is 26.2 Å². The van der Waals surface area contributed by atoms with Gasteiger partial charge in [0.05, 0.1) is 5.39 Å². The number of carbonyl (C=O) groups excluding carboxylic acids is 2. The van der Waals surface area contributed by atoms with E-state index >= 15 is 0 Å². The smallest absolute Gasteiger partial charge is 0.217 e. The number of aromatic nitrogens is 3. The van der Waals surface area contributed by atoms with Gasteiger partial charge in [0.25, 0.3) is 0 Å². The van der Waals surface area contributed by atoms with Gasteiger partial charge in [0, 0.05) is 38.7 Å². The molecule has 2 saturated heterocycles. The highest BCUT2D eigenvalue weighted by Gasteiger charge is 2.25. The van der Waals surface area contributed by atoms with E-state index in [1.807, 2.05) is 12.3 Å². The van der Waals surface area contributed by atoms with Gasteiger partial charge >= 0.3 is 0 Å². The largest absolute Gasteiger partial charge is 0.370 e. The van der Waals surface area contributed by atoms with Crippen molar-refractivity contribution in [2.24, 2.45) is 11.7 Å². The van der Waals surface area contributed by atoms with Crippen molar-refractivity contribution in [3.8, 4) is 0 Å². The molecule has 9 heteroatoms. The second kappa shape index (κ2) is 8.81. The fraction of sp³-hybridized carbons (Fsp3) is 0.556. The summed E-state index contributed by atoms with van der Waals surface area (Å²) in [6.45, 7) is 5.26. The summed E-state index contributed by atoms with van der Waals surface area (Å²) in [7, 11) is 0. The van der Waals surface area contributed by atoms with Crippen LogP contribution < -0.4 is 21.3 Å². The van der Waals surface area contributed by atoms with Crippen molar-refractivity contribution in [3.05, 3.63) is 18.6 Å². The third kappa shape index (κ3) is 5.16. The third-order valence-electron chi connectivity index (χ3n) is 4.88. The van der Waals surface area contributed by atoms with E-state index in [1.165, 1.54) is 0 Å². The molecule has 2 unspecified atom stereocenters. The molecule has 4 rings (SSSR count). The molecule has 2 amide bonds. The lowest BCUT2D eigenvalue weighted by molar-refractivity contribution is -0.120. The number of carbonyl (C=O) groups is 2. The Morgan fingerprint density at radius 3 is 2.93 bits per heavy atom. The molecule has 4 heterocycles. The second-order valence-electron chi connectivity index (χ2n) is 7.10. The quantitative estimate of drug-likeness (QED) is 0.603. The van der Waals surface area contributed by atoms with E-state index in [4.69, 9.17) is 5.73 Å². The minimum Gasteiger partial charge on any atom is -0.370 e. The van der Waals surface area contributed by atoms with Gasteiger partial charge < -0.3 is 26.3 Å². The Morgan fingerprint density at radius 2 is 2.22 bits per heavy atom. The highest BCUT2D eigenvalue weighted by molar-refractivity contribution is 5.87. The van der Waals surface area contributed by atoms with Crippen LogP contribution in [-0.2, 0) is 9.59 Å². The zero-order valence-electron chi connectivity index (χ0n) is 15.6. The molecule has 146 valence electrons. The molecule has 2 aliphatic rings. The number of H-pyrrole nitrogens is 1. The number of nitrogens with zero attached hydrogens (tertiary/aromatic N) is 3. The fourth-order valence-electron chi connectivity index (χ4n) is 3.64. The molecule has 0 radical (unpaired) electrons. The number of fused-ring (bicyclic) bond motifs is 1. The van der Waals surface area contributed by atoms with E-state index in [2.05, 4.69) is 30.5 Å². The molecule has 5 N–H and O–H groups in total. The number of primary amides is 1. The number of aromatic amines is 1. The highest BCUT2D eigenvalue weighted by Crippen LogP contribution is 2.25. The number of anilines is 1. The van der Waals surface area contributed by atoms with Crippen LogP contribution in [0.4, 0.5) is 5.82 Å². The van der Waals surface area contributed by atoms with Crippen molar-refractivity contribution in [2.75, 3.05) is 31.1 Å². The number of nitrogens with two attached hydrogens (primary N) is 1. The maximum absolute atomic E-state index is 11.1. The number of amides is 2. The van der Waals surface area contributed by atoms with Crippen molar-refractivity contribution in [1.82, 2.24) is 25.6 Å². The van der Waals surface area contributed by atoms with E-state index < -0.39 is 0 Å². The number of rotatable bonds is 4. The average molecular weight is 373 g/mol. The summed E-state index contributed by atoms with van der Waals surface area (Å²) in [5, 5.41) is 7.15. The van der Waals surface area contributed by atoms with Gasteiger partial charge in [-0.25, -0.2) is 9.97 Å². The fourth-order valence-corrected chi connectivity index (χ4v) is 3.64. The maximum atomic E-state index is 11.1. The summed E-state index contributed by atoms with van der Waals surface area (Å²) in [6, 6.07) is 2.20. The summed E-state index contributed by atoms with van der Waals surface area (Å²) < 4.78 is 0. The monoisotopic (exact) mass is 373 g/mol. The minimum atomic E-state index is -0.177. The van der Waals surface area contributed by atoms with Crippen LogP contribution in [0.15, 0.2) is 18.6 Å². The normalized spacial score (nSPS) is 21.7. The number of hydrogen-bond acceptors (Lipinski definition) is 6. The molecule has 2 aliphatic heterocycles. The minimum absolute atomic E-state index is 0.0244. The van der Waals surface area contributed by atoms with Crippen LogP contribution in [-0.4, -0.2) is 59.0 Å². The van der Waals surface area contributed by atoms with Gasteiger partial charge in [-0.3, -0.25) is 9.59 Å². The van der Waals surface area contributed by atoms with Gasteiger partial charge in [-0.2, -0.15) is 0 Å². The average Bonchev–Trinajstić information content (AvgIpc) is 3.35. The Balaban J connectivity index is 0.000000197. The summed E-state index contributed by atoms with van der Waals surface area (Å²) in [4.78, 5) is 35.2. The van der Waals surface area contributed by atoms with E-state index in [0.717, 1.165) is 55.9 Å². The second-order valence-corrected chi connectivity index (χ2v) is 7.10. The van der Waals surface area contributed by atoms with Gasteiger partial charge in [0.1, 0.15) is 17.8 Å². The van der Waals surface area contributed by atoms with Crippen LogP contribution in [0, 0.1) is 5.92 Å². The van der Waals surface area contributed by atoms with Crippen molar-refractivity contribution in [2.45, 2.75) is 32.2 Å². The zero-order chi connectivity index (χ0) is 19.2. The first-order valence-corrected chi connectivity index (χ1v) is 9.32. The molecule has 0 aromatic carbocycles. The molecule has 0 spiro atoms. The van der Waals surface area contributed by atoms with Crippen molar-refractivity contribution >= 4 is 28.7 Å². The Hall–Kier alpha value is -2.68. The lowest BCUT2D eigenvalue weighted by atomic mass is 10.1. The maximum Gasteiger partial charge on any atom is 0.217 e. The molecule has 2 fully saturated rings. The van der Waals surface area contributed by atoms with Crippen LogP contribution in [0.25, 0.3) is 11.0 Å². The van der Waals surface area contributed by atoms with Crippen LogP contribution in [0.2, 0.25) is 0 Å². The molecule has 2 aromatic heterocycles. The first-order chi connectivity index (χ1) is 13.0. The molecule has 2 aromatic rings. The topological polar surface area (TPSA) is 129 Å². The van der Waals surface area contributed by atoms with Gasteiger partial charge in [-0.05, 0) is 37.9 Å². The lowest BCUT2D eigenvalue weighted by Gasteiger charge is -2.18. The van der Waals surface area contributed by atoms with Crippen LogP contribution >= 0.6 is 0 Å². The number of hydrogen-bond donors (Lipinski definition) is 4. The molecular weight excluding hydrogens is 346 g/mol. The van der Waals surface area contributed by atoms with Crippen molar-refractivity contribution < 1.29 is 9.59 Å². The van der Waals surface area contributed by atoms with Crippen molar-refractivity contribution in [3.63, 3.8) is 0 Å². The van der Waals surface area contributed by atoms with E-state index in [0.29, 0.717) is 12.3 Å². The predicted octanol–water partition coefficient (Wildman–Crippen LogP) is 0.144. The molecule has 9 nitrogen and oxygen atoms in total.